The number of para-hydroxylation sites is 1. The lowest BCUT2D eigenvalue weighted by molar-refractivity contribution is 0.103. The second-order valence-corrected chi connectivity index (χ2v) is 10.2. The van der Waals surface area contributed by atoms with Crippen molar-refractivity contribution in [1.82, 2.24) is 19.9 Å². The Morgan fingerprint density at radius 3 is 2.47 bits per heavy atom. The van der Waals surface area contributed by atoms with Gasteiger partial charge in [-0.05, 0) is 50.8 Å². The normalized spacial score (nSPS) is 14.0. The fourth-order valence-electron chi connectivity index (χ4n) is 4.45. The number of benzene rings is 1. The van der Waals surface area contributed by atoms with Crippen LogP contribution in [-0.4, -0.2) is 66.0 Å². The molecule has 36 heavy (non-hydrogen) atoms. The molecule has 1 aliphatic rings. The minimum absolute atomic E-state index is 0.219. The number of rotatable bonds is 6. The van der Waals surface area contributed by atoms with Crippen molar-refractivity contribution < 1.29 is 4.79 Å². The van der Waals surface area contributed by atoms with E-state index in [0.717, 1.165) is 32.0 Å². The van der Waals surface area contributed by atoms with E-state index in [1.54, 1.807) is 13.1 Å². The third-order valence-corrected chi connectivity index (χ3v) is 7.44. The molecule has 1 aliphatic heterocycles. The van der Waals surface area contributed by atoms with Crippen LogP contribution in [0.15, 0.2) is 53.5 Å². The first-order valence-electron chi connectivity index (χ1n) is 11.9. The van der Waals surface area contributed by atoms with Gasteiger partial charge in [-0.25, -0.2) is 9.97 Å². The number of hydrogen-bond acceptors (Lipinski definition) is 8. The van der Waals surface area contributed by atoms with Crippen LogP contribution in [0.3, 0.4) is 0 Å². The average molecular weight is 504 g/mol. The van der Waals surface area contributed by atoms with Gasteiger partial charge >= 0.3 is 0 Å². The van der Waals surface area contributed by atoms with Crippen molar-refractivity contribution in [1.29, 1.82) is 0 Å². The molecule has 1 fully saturated rings. The van der Waals surface area contributed by atoms with Crippen molar-refractivity contribution in [3.63, 3.8) is 0 Å². The lowest BCUT2D eigenvalue weighted by atomic mass is 10.2. The summed E-state index contributed by atoms with van der Waals surface area (Å²) >= 11 is 1.24. The van der Waals surface area contributed by atoms with Crippen LogP contribution in [0.25, 0.3) is 10.2 Å². The van der Waals surface area contributed by atoms with Crippen LogP contribution in [0, 0.1) is 6.92 Å². The Morgan fingerprint density at radius 1 is 1.08 bits per heavy atom. The van der Waals surface area contributed by atoms with Crippen LogP contribution in [0.4, 0.5) is 17.2 Å². The molecule has 1 aromatic carbocycles. The SMILES string of the molecule is Cc1c(C(=O)Nc2ccc(N3CCN(c4ccccc4)CC3)nc2)sc2nc(CN(C)C)[nH]c(=O)c12. The molecule has 0 aliphatic carbocycles. The molecule has 0 unspecified atom stereocenters. The Bertz CT molecular complexity index is 1420. The van der Waals surface area contributed by atoms with Gasteiger partial charge in [-0.2, -0.15) is 0 Å². The molecule has 5 rings (SSSR count). The molecule has 4 aromatic rings. The molecule has 2 N–H and O–H groups in total. The zero-order valence-corrected chi connectivity index (χ0v) is 21.4. The number of aromatic amines is 1. The van der Waals surface area contributed by atoms with E-state index in [4.69, 9.17) is 0 Å². The first-order valence-corrected chi connectivity index (χ1v) is 12.7. The molecule has 0 bridgehead atoms. The summed E-state index contributed by atoms with van der Waals surface area (Å²) in [5, 5.41) is 3.39. The highest BCUT2D eigenvalue weighted by molar-refractivity contribution is 7.20. The summed E-state index contributed by atoms with van der Waals surface area (Å²) in [7, 11) is 3.82. The van der Waals surface area contributed by atoms with Gasteiger partial charge in [0.15, 0.2) is 0 Å². The second kappa shape index (κ2) is 10.1. The number of nitrogens with one attached hydrogen (secondary N) is 2. The van der Waals surface area contributed by atoms with Gasteiger partial charge in [-0.15, -0.1) is 11.3 Å². The molecular weight excluding hydrogens is 474 g/mol. The molecule has 0 radical (unpaired) electrons. The van der Waals surface area contributed by atoms with Crippen LogP contribution in [0.5, 0.6) is 0 Å². The quantitative estimate of drug-likeness (QED) is 0.417. The van der Waals surface area contributed by atoms with Crippen LogP contribution in [0.1, 0.15) is 21.1 Å². The topological polar surface area (TPSA) is 97.5 Å². The standard InChI is InChI=1S/C26H29N7O2S/c1-17-22-24(34)29-20(16-31(2)3)30-26(22)36-23(17)25(35)28-18-9-10-21(27-15-18)33-13-11-32(12-14-33)19-7-5-4-6-8-19/h4-10,15H,11-14,16H2,1-3H3,(H,28,35)(H,29,30,34). The van der Waals surface area contributed by atoms with E-state index < -0.39 is 0 Å². The highest BCUT2D eigenvalue weighted by atomic mass is 32.1. The molecule has 10 heteroatoms. The van der Waals surface area contributed by atoms with Gasteiger partial charge in [0.05, 0.1) is 28.7 Å². The van der Waals surface area contributed by atoms with Crippen LogP contribution in [-0.2, 0) is 6.54 Å². The van der Waals surface area contributed by atoms with Gasteiger partial charge in [0.1, 0.15) is 16.5 Å². The molecule has 186 valence electrons. The van der Waals surface area contributed by atoms with Crippen molar-refractivity contribution in [2.45, 2.75) is 13.5 Å². The number of thiophene rings is 1. The fraction of sp³-hybridized carbons (Fsp3) is 0.308. The van der Waals surface area contributed by atoms with E-state index >= 15 is 0 Å². The number of aryl methyl sites for hydroxylation is 1. The van der Waals surface area contributed by atoms with Crippen molar-refractivity contribution >= 4 is 44.7 Å². The van der Waals surface area contributed by atoms with Gasteiger partial charge in [0.25, 0.3) is 11.5 Å². The first-order chi connectivity index (χ1) is 17.4. The number of carbonyl (C=O) groups is 1. The number of nitrogens with zero attached hydrogens (tertiary/aromatic N) is 5. The number of piperazine rings is 1. The Labute approximate surface area is 213 Å². The van der Waals surface area contributed by atoms with Crippen LogP contribution < -0.4 is 20.7 Å². The number of pyridine rings is 1. The summed E-state index contributed by atoms with van der Waals surface area (Å²) in [5.41, 5.74) is 2.27. The Hall–Kier alpha value is -3.76. The number of H-pyrrole nitrogens is 1. The largest absolute Gasteiger partial charge is 0.368 e. The number of aromatic nitrogens is 3. The third-order valence-electron chi connectivity index (χ3n) is 6.25. The lowest BCUT2D eigenvalue weighted by Gasteiger charge is -2.36. The van der Waals surface area contributed by atoms with E-state index in [9.17, 15) is 9.59 Å². The summed E-state index contributed by atoms with van der Waals surface area (Å²) in [4.78, 5) is 45.2. The van der Waals surface area contributed by atoms with Crippen molar-refractivity contribution in [3.8, 4) is 0 Å². The fourth-order valence-corrected chi connectivity index (χ4v) is 5.54. The molecule has 0 atom stereocenters. The summed E-state index contributed by atoms with van der Waals surface area (Å²) in [6.07, 6.45) is 1.68. The molecule has 0 saturated carbocycles. The van der Waals surface area contributed by atoms with E-state index in [1.165, 1.54) is 17.0 Å². The molecule has 1 amide bonds. The maximum absolute atomic E-state index is 13.0. The summed E-state index contributed by atoms with van der Waals surface area (Å²) in [6, 6.07) is 14.2. The van der Waals surface area contributed by atoms with Gasteiger partial charge in [-0.3, -0.25) is 9.59 Å². The Morgan fingerprint density at radius 2 is 1.81 bits per heavy atom. The predicted octanol–water partition coefficient (Wildman–Crippen LogP) is 3.33. The van der Waals surface area contributed by atoms with Crippen molar-refractivity contribution in [2.75, 3.05) is 55.4 Å². The molecule has 0 spiro atoms. The van der Waals surface area contributed by atoms with E-state index in [0.29, 0.717) is 38.7 Å². The zero-order chi connectivity index (χ0) is 25.2. The molecule has 4 heterocycles. The van der Waals surface area contributed by atoms with Gasteiger partial charge in [-0.1, -0.05) is 18.2 Å². The number of anilines is 3. The molecule has 3 aromatic heterocycles. The minimum Gasteiger partial charge on any atom is -0.368 e. The van der Waals surface area contributed by atoms with E-state index in [-0.39, 0.29) is 11.5 Å². The van der Waals surface area contributed by atoms with Gasteiger partial charge < -0.3 is 25.0 Å². The molecule has 9 nitrogen and oxygen atoms in total. The van der Waals surface area contributed by atoms with Crippen LogP contribution >= 0.6 is 11.3 Å². The average Bonchev–Trinajstić information content (AvgIpc) is 3.21. The van der Waals surface area contributed by atoms with Crippen molar-refractivity contribution in [2.24, 2.45) is 0 Å². The highest BCUT2D eigenvalue weighted by Gasteiger charge is 2.21. The summed E-state index contributed by atoms with van der Waals surface area (Å²) < 4.78 is 0. The molecular formula is C26H29N7O2S. The predicted molar refractivity (Wildman–Crippen MR) is 145 cm³/mol. The van der Waals surface area contributed by atoms with Crippen LogP contribution in [0.2, 0.25) is 0 Å². The maximum Gasteiger partial charge on any atom is 0.266 e. The smallest absolute Gasteiger partial charge is 0.266 e. The zero-order valence-electron chi connectivity index (χ0n) is 20.6. The number of hydrogen-bond donors (Lipinski definition) is 2. The highest BCUT2D eigenvalue weighted by Crippen LogP contribution is 2.28. The van der Waals surface area contributed by atoms with Crippen molar-refractivity contribution in [3.05, 3.63) is 75.3 Å². The first kappa shape index (κ1) is 24.0. The van der Waals surface area contributed by atoms with Gasteiger partial charge in [0.2, 0.25) is 0 Å². The monoisotopic (exact) mass is 503 g/mol. The Balaban J connectivity index is 1.26. The second-order valence-electron chi connectivity index (χ2n) is 9.16. The number of fused-ring (bicyclic) bond motifs is 1. The number of amides is 1. The lowest BCUT2D eigenvalue weighted by Crippen LogP contribution is -2.46. The Kier molecular flexibility index (Phi) is 6.71. The van der Waals surface area contributed by atoms with Gasteiger partial charge in [0, 0.05) is 31.9 Å². The van der Waals surface area contributed by atoms with E-state index in [1.807, 2.05) is 37.2 Å². The molecule has 1 saturated heterocycles. The number of carbonyl (C=O) groups excluding carboxylic acids is 1. The minimum atomic E-state index is -0.268. The summed E-state index contributed by atoms with van der Waals surface area (Å²) in [5.74, 6) is 1.20. The van der Waals surface area contributed by atoms with E-state index in [2.05, 4.69) is 54.3 Å². The maximum atomic E-state index is 13.0. The third kappa shape index (κ3) is 4.95. The summed E-state index contributed by atoms with van der Waals surface area (Å²) in [6.45, 7) is 5.92.